The third-order valence-electron chi connectivity index (χ3n) is 4.22. The number of hydrogen-bond donors (Lipinski definition) is 1. The molecular weight excluding hydrogens is 316 g/mol. The summed E-state index contributed by atoms with van der Waals surface area (Å²) >= 11 is 0. The fourth-order valence-electron chi connectivity index (χ4n) is 2.71. The molecule has 0 radical (unpaired) electrons. The summed E-state index contributed by atoms with van der Waals surface area (Å²) in [5.41, 5.74) is 6.76. The van der Waals surface area contributed by atoms with Gasteiger partial charge in [-0.3, -0.25) is 0 Å². The Hall–Kier alpha value is -1.93. The van der Waals surface area contributed by atoms with Gasteiger partial charge < -0.3 is 10.5 Å². The van der Waals surface area contributed by atoms with Crippen molar-refractivity contribution in [2.24, 2.45) is 20.6 Å². The minimum Gasteiger partial charge on any atom is -0.381 e. The van der Waals surface area contributed by atoms with E-state index in [0.29, 0.717) is 19.8 Å². The van der Waals surface area contributed by atoms with Crippen molar-refractivity contribution in [1.82, 2.24) is 5.01 Å². The summed E-state index contributed by atoms with van der Waals surface area (Å²) in [5, 5.41) is 5.69. The van der Waals surface area contributed by atoms with Crippen LogP contribution in [0.15, 0.2) is 38.7 Å². The fraction of sp³-hybridized carbons (Fsp3) is 0.467. The van der Waals surface area contributed by atoms with Crippen LogP contribution in [0.25, 0.3) is 0 Å². The Bertz CT molecular complexity index is 734. The van der Waals surface area contributed by atoms with E-state index in [4.69, 9.17) is 10.5 Å². The molecule has 0 unspecified atom stereocenters. The number of guanidine groups is 1. The molecule has 2 aliphatic heterocycles. The van der Waals surface area contributed by atoms with Gasteiger partial charge in [0.2, 0.25) is 5.96 Å². The van der Waals surface area contributed by atoms with E-state index in [1.807, 2.05) is 13.1 Å². The monoisotopic (exact) mass is 336 g/mol. The van der Waals surface area contributed by atoms with E-state index in [1.165, 1.54) is 17.1 Å². The number of aryl methyl sites for hydroxylation is 1. The van der Waals surface area contributed by atoms with Crippen molar-refractivity contribution in [2.75, 3.05) is 19.8 Å². The molecule has 1 saturated heterocycles. The zero-order valence-corrected chi connectivity index (χ0v) is 13.8. The minimum atomic E-state index is -3.83. The topological polar surface area (TPSA) is 97.3 Å². The zero-order chi connectivity index (χ0) is 16.5. The van der Waals surface area contributed by atoms with Gasteiger partial charge in [-0.15, -0.1) is 4.40 Å². The molecule has 0 saturated carbocycles. The lowest BCUT2D eigenvalue weighted by atomic mass is 9.82. The van der Waals surface area contributed by atoms with E-state index in [9.17, 15) is 8.42 Å². The molecule has 2 aliphatic rings. The summed E-state index contributed by atoms with van der Waals surface area (Å²) in [7, 11) is -3.83. The minimum absolute atomic E-state index is 0.0913. The first-order chi connectivity index (χ1) is 10.9. The van der Waals surface area contributed by atoms with Gasteiger partial charge in [0.15, 0.2) is 0 Å². The van der Waals surface area contributed by atoms with Gasteiger partial charge >= 0.3 is 0 Å². The van der Waals surface area contributed by atoms with Crippen LogP contribution in [0, 0.1) is 12.3 Å². The van der Waals surface area contributed by atoms with E-state index in [2.05, 4.69) is 9.50 Å². The van der Waals surface area contributed by atoms with E-state index < -0.39 is 10.0 Å². The summed E-state index contributed by atoms with van der Waals surface area (Å²) in [6.45, 7) is 3.78. The van der Waals surface area contributed by atoms with Gasteiger partial charge in [0.1, 0.15) is 0 Å². The first-order valence-electron chi connectivity index (χ1n) is 7.48. The van der Waals surface area contributed by atoms with Crippen molar-refractivity contribution in [3.63, 3.8) is 0 Å². The van der Waals surface area contributed by atoms with E-state index in [0.717, 1.165) is 18.4 Å². The SMILES string of the molecule is Cc1ccc(S(=O)(=O)/N=C(\N)N2CC3(C=N2)CCOCC3)cc1. The third-order valence-corrected chi connectivity index (χ3v) is 5.52. The summed E-state index contributed by atoms with van der Waals surface area (Å²) in [4.78, 5) is 0.120. The standard InChI is InChI=1S/C15H20N4O3S/c1-12-2-4-13(5-3-12)23(20,21)18-14(16)19-11-15(10-17-19)6-8-22-9-7-15/h2-5,10H,6-9,11H2,1H3,(H2,16,18). The number of ether oxygens (including phenoxy) is 1. The molecule has 3 rings (SSSR count). The molecule has 0 aromatic heterocycles. The van der Waals surface area contributed by atoms with Crippen molar-refractivity contribution in [3.05, 3.63) is 29.8 Å². The largest absolute Gasteiger partial charge is 0.381 e. The highest BCUT2D eigenvalue weighted by atomic mass is 32.2. The van der Waals surface area contributed by atoms with Crippen molar-refractivity contribution >= 4 is 22.2 Å². The molecular formula is C15H20N4O3S. The Balaban J connectivity index is 1.77. The smallest absolute Gasteiger partial charge is 0.285 e. The van der Waals surface area contributed by atoms with E-state index in [1.54, 1.807) is 12.1 Å². The van der Waals surface area contributed by atoms with Gasteiger partial charge in [0, 0.05) is 24.8 Å². The average Bonchev–Trinajstić information content (AvgIpc) is 2.92. The molecule has 0 atom stereocenters. The predicted molar refractivity (Wildman–Crippen MR) is 87.7 cm³/mol. The molecule has 1 aromatic carbocycles. The molecule has 2 heterocycles. The van der Waals surface area contributed by atoms with Crippen LogP contribution in [0.5, 0.6) is 0 Å². The summed E-state index contributed by atoms with van der Waals surface area (Å²) in [6.07, 6.45) is 3.55. The van der Waals surface area contributed by atoms with Crippen molar-refractivity contribution in [2.45, 2.75) is 24.7 Å². The van der Waals surface area contributed by atoms with Gasteiger partial charge in [0.05, 0.1) is 11.4 Å². The first kappa shape index (κ1) is 15.9. The van der Waals surface area contributed by atoms with Gasteiger partial charge in [-0.25, -0.2) is 5.01 Å². The average molecular weight is 336 g/mol. The molecule has 0 aliphatic carbocycles. The number of nitrogens with two attached hydrogens (primary N) is 1. The van der Waals surface area contributed by atoms with Crippen molar-refractivity contribution < 1.29 is 13.2 Å². The maximum Gasteiger partial charge on any atom is 0.285 e. The van der Waals surface area contributed by atoms with Gasteiger partial charge in [0.25, 0.3) is 10.0 Å². The molecule has 0 amide bonds. The van der Waals surface area contributed by atoms with Crippen LogP contribution in [0.2, 0.25) is 0 Å². The number of nitrogens with zero attached hydrogens (tertiary/aromatic N) is 3. The second-order valence-corrected chi connectivity index (χ2v) is 7.62. The number of sulfonamides is 1. The second-order valence-electron chi connectivity index (χ2n) is 6.01. The van der Waals surface area contributed by atoms with Crippen LogP contribution in [0.4, 0.5) is 0 Å². The van der Waals surface area contributed by atoms with Gasteiger partial charge in [-0.2, -0.15) is 13.5 Å². The Morgan fingerprint density at radius 2 is 1.96 bits per heavy atom. The van der Waals surface area contributed by atoms with Gasteiger partial charge in [-0.05, 0) is 31.9 Å². The lowest BCUT2D eigenvalue weighted by Gasteiger charge is -2.31. The van der Waals surface area contributed by atoms with E-state index in [-0.39, 0.29) is 16.3 Å². The van der Waals surface area contributed by atoms with Crippen molar-refractivity contribution in [3.8, 4) is 0 Å². The highest BCUT2D eigenvalue weighted by Crippen LogP contribution is 2.33. The molecule has 0 bridgehead atoms. The quantitative estimate of drug-likeness (QED) is 0.644. The molecule has 8 heteroatoms. The molecule has 1 aromatic rings. The molecule has 2 N–H and O–H groups in total. The highest BCUT2D eigenvalue weighted by molar-refractivity contribution is 7.90. The van der Waals surface area contributed by atoms with Crippen LogP contribution in [0.1, 0.15) is 18.4 Å². The van der Waals surface area contributed by atoms with Crippen LogP contribution < -0.4 is 5.73 Å². The van der Waals surface area contributed by atoms with Crippen LogP contribution in [-0.2, 0) is 14.8 Å². The van der Waals surface area contributed by atoms with Crippen LogP contribution in [0.3, 0.4) is 0 Å². The van der Waals surface area contributed by atoms with Crippen molar-refractivity contribution in [1.29, 1.82) is 0 Å². The first-order valence-corrected chi connectivity index (χ1v) is 8.92. The molecule has 7 nitrogen and oxygen atoms in total. The Morgan fingerprint density at radius 3 is 2.61 bits per heavy atom. The predicted octanol–water partition coefficient (Wildman–Crippen LogP) is 1.10. The summed E-state index contributed by atoms with van der Waals surface area (Å²) in [5.74, 6) is -0.106. The maximum absolute atomic E-state index is 12.3. The molecule has 124 valence electrons. The number of benzene rings is 1. The Morgan fingerprint density at radius 1 is 1.30 bits per heavy atom. The van der Waals surface area contributed by atoms with Crippen LogP contribution >= 0.6 is 0 Å². The Labute approximate surface area is 135 Å². The summed E-state index contributed by atoms with van der Waals surface area (Å²) < 4.78 is 33.7. The van der Waals surface area contributed by atoms with Gasteiger partial charge in [-0.1, -0.05) is 17.7 Å². The normalized spacial score (nSPS) is 21.1. The number of rotatable bonds is 2. The highest BCUT2D eigenvalue weighted by Gasteiger charge is 2.38. The van der Waals surface area contributed by atoms with Crippen LogP contribution in [-0.4, -0.2) is 45.4 Å². The maximum atomic E-state index is 12.3. The number of hydrogen-bond acceptors (Lipinski definition) is 4. The zero-order valence-electron chi connectivity index (χ0n) is 13.0. The molecule has 1 fully saturated rings. The second kappa shape index (κ2) is 5.93. The number of hydrazone groups is 1. The Kier molecular flexibility index (Phi) is 4.11. The lowest BCUT2D eigenvalue weighted by molar-refractivity contribution is 0.0454. The third kappa shape index (κ3) is 3.37. The molecule has 1 spiro atoms. The molecule has 23 heavy (non-hydrogen) atoms. The lowest BCUT2D eigenvalue weighted by Crippen LogP contribution is -2.40. The van der Waals surface area contributed by atoms with E-state index >= 15 is 0 Å². The fourth-order valence-corrected chi connectivity index (χ4v) is 3.64. The summed E-state index contributed by atoms with van der Waals surface area (Å²) in [6, 6.07) is 6.50.